The Morgan fingerprint density at radius 1 is 1.44 bits per heavy atom. The van der Waals surface area contributed by atoms with Gasteiger partial charge in [-0.15, -0.1) is 0 Å². The molecule has 1 rings (SSSR count). The summed E-state index contributed by atoms with van der Waals surface area (Å²) in [5.74, 6) is -0.862. The largest absolute Gasteiger partial charge is 0.480 e. The monoisotopic (exact) mass is 246 g/mol. The fraction of sp³-hybridized carbons (Fsp3) is 0.429. The highest BCUT2D eigenvalue weighted by molar-refractivity contribution is 5.77. The highest BCUT2D eigenvalue weighted by atomic mass is 16.4. The lowest BCUT2D eigenvalue weighted by Crippen LogP contribution is -2.28. The van der Waals surface area contributed by atoms with Crippen molar-refractivity contribution in [3.8, 4) is 6.07 Å². The maximum Gasteiger partial charge on any atom is 0.326 e. The molecule has 1 aromatic carbocycles. The second kappa shape index (κ2) is 5.54. The number of nitrogens with one attached hydrogen (secondary N) is 1. The van der Waals surface area contributed by atoms with Crippen LogP contribution in [0.1, 0.15) is 32.8 Å². The number of anilines is 1. The maximum atomic E-state index is 10.9. The smallest absolute Gasteiger partial charge is 0.326 e. The van der Waals surface area contributed by atoms with E-state index in [1.807, 2.05) is 32.9 Å². The van der Waals surface area contributed by atoms with Crippen LogP contribution in [0.2, 0.25) is 0 Å². The topological polar surface area (TPSA) is 73.1 Å². The number of carbonyl (C=O) groups is 1. The number of hydrogen-bond acceptors (Lipinski definition) is 3. The Labute approximate surface area is 107 Å². The van der Waals surface area contributed by atoms with E-state index in [1.54, 1.807) is 12.1 Å². The van der Waals surface area contributed by atoms with E-state index in [1.165, 1.54) is 0 Å². The fourth-order valence-electron chi connectivity index (χ4n) is 1.59. The molecular weight excluding hydrogens is 228 g/mol. The summed E-state index contributed by atoms with van der Waals surface area (Å²) >= 11 is 0. The molecule has 0 spiro atoms. The quantitative estimate of drug-likeness (QED) is 0.837. The summed E-state index contributed by atoms with van der Waals surface area (Å²) in [6, 6.07) is 8.96. The third kappa shape index (κ3) is 3.24. The van der Waals surface area contributed by atoms with Gasteiger partial charge >= 0.3 is 5.97 Å². The second-order valence-electron chi connectivity index (χ2n) is 4.76. The number of rotatable bonds is 5. The van der Waals surface area contributed by atoms with Gasteiger partial charge in [0, 0.05) is 5.69 Å². The lowest BCUT2D eigenvalue weighted by atomic mass is 9.86. The summed E-state index contributed by atoms with van der Waals surface area (Å²) in [5, 5.41) is 20.9. The molecule has 1 unspecified atom stereocenters. The summed E-state index contributed by atoms with van der Waals surface area (Å²) in [6.45, 7) is 5.52. The summed E-state index contributed by atoms with van der Waals surface area (Å²) in [7, 11) is 0. The van der Waals surface area contributed by atoms with Gasteiger partial charge in [-0.1, -0.05) is 19.1 Å². The zero-order chi connectivity index (χ0) is 13.8. The van der Waals surface area contributed by atoms with Crippen molar-refractivity contribution in [1.82, 2.24) is 0 Å². The number of benzene rings is 1. The van der Waals surface area contributed by atoms with Gasteiger partial charge in [0.2, 0.25) is 0 Å². The van der Waals surface area contributed by atoms with Crippen molar-refractivity contribution >= 4 is 11.7 Å². The molecular formula is C14H18N2O2. The number of aliphatic carboxylic acids is 1. The molecule has 0 amide bonds. The molecule has 0 saturated carbocycles. The Hall–Kier alpha value is -2.02. The lowest BCUT2D eigenvalue weighted by molar-refractivity contribution is -0.137. The minimum absolute atomic E-state index is 0.515. The first-order chi connectivity index (χ1) is 8.40. The molecule has 0 bridgehead atoms. The number of carboxylic acids is 1. The molecule has 4 nitrogen and oxygen atoms in total. The van der Waals surface area contributed by atoms with Gasteiger partial charge < -0.3 is 10.4 Å². The van der Waals surface area contributed by atoms with E-state index in [0.717, 1.165) is 11.3 Å². The number of nitriles is 1. The third-order valence-electron chi connectivity index (χ3n) is 2.93. The molecule has 0 heterocycles. The summed E-state index contributed by atoms with van der Waals surface area (Å²) in [4.78, 5) is 10.9. The normalized spacial score (nSPS) is 12.6. The first kappa shape index (κ1) is 14.0. The Bertz CT molecular complexity index is 458. The van der Waals surface area contributed by atoms with Crippen LogP contribution in [-0.4, -0.2) is 17.1 Å². The Morgan fingerprint density at radius 2 is 2.00 bits per heavy atom. The average molecular weight is 246 g/mol. The Kier molecular flexibility index (Phi) is 4.33. The molecule has 0 aliphatic heterocycles. The van der Waals surface area contributed by atoms with Gasteiger partial charge in [0.05, 0.1) is 11.5 Å². The SMILES string of the molecule is CCC(Nc1ccc(C(C)(C)C#N)cc1)C(=O)O. The van der Waals surface area contributed by atoms with Crippen molar-refractivity contribution in [2.75, 3.05) is 5.32 Å². The van der Waals surface area contributed by atoms with Gasteiger partial charge in [-0.2, -0.15) is 5.26 Å². The zero-order valence-electron chi connectivity index (χ0n) is 10.9. The van der Waals surface area contributed by atoms with E-state index in [2.05, 4.69) is 11.4 Å². The minimum Gasteiger partial charge on any atom is -0.480 e. The zero-order valence-corrected chi connectivity index (χ0v) is 10.9. The molecule has 0 radical (unpaired) electrons. The second-order valence-corrected chi connectivity index (χ2v) is 4.76. The van der Waals surface area contributed by atoms with Crippen molar-refractivity contribution in [1.29, 1.82) is 5.26 Å². The average Bonchev–Trinajstić information content (AvgIpc) is 2.36. The van der Waals surface area contributed by atoms with Gasteiger partial charge in [-0.3, -0.25) is 0 Å². The highest BCUT2D eigenvalue weighted by Gasteiger charge is 2.20. The molecule has 0 saturated heterocycles. The Morgan fingerprint density at radius 3 is 2.39 bits per heavy atom. The standard InChI is InChI=1S/C14H18N2O2/c1-4-12(13(17)18)16-11-7-5-10(6-8-11)14(2,3)9-15/h5-8,12,16H,4H2,1-3H3,(H,17,18). The Balaban J connectivity index is 2.84. The molecule has 18 heavy (non-hydrogen) atoms. The van der Waals surface area contributed by atoms with Crippen LogP contribution in [0.15, 0.2) is 24.3 Å². The predicted molar refractivity (Wildman–Crippen MR) is 70.4 cm³/mol. The van der Waals surface area contributed by atoms with Crippen LogP contribution in [-0.2, 0) is 10.2 Å². The molecule has 0 fully saturated rings. The first-order valence-electron chi connectivity index (χ1n) is 5.92. The highest BCUT2D eigenvalue weighted by Crippen LogP contribution is 2.23. The first-order valence-corrected chi connectivity index (χ1v) is 5.92. The third-order valence-corrected chi connectivity index (χ3v) is 2.93. The maximum absolute atomic E-state index is 10.9. The van der Waals surface area contributed by atoms with Crippen LogP contribution in [0.25, 0.3) is 0 Å². The predicted octanol–water partition coefficient (Wildman–Crippen LogP) is 2.76. The molecule has 96 valence electrons. The van der Waals surface area contributed by atoms with E-state index in [4.69, 9.17) is 10.4 Å². The number of hydrogen-bond donors (Lipinski definition) is 2. The van der Waals surface area contributed by atoms with Crippen LogP contribution < -0.4 is 5.32 Å². The van der Waals surface area contributed by atoms with Crippen LogP contribution in [0.5, 0.6) is 0 Å². The van der Waals surface area contributed by atoms with Crippen molar-refractivity contribution in [3.05, 3.63) is 29.8 Å². The van der Waals surface area contributed by atoms with E-state index in [0.29, 0.717) is 6.42 Å². The minimum atomic E-state index is -0.862. The van der Waals surface area contributed by atoms with E-state index >= 15 is 0 Å². The van der Waals surface area contributed by atoms with Gasteiger partial charge in [0.15, 0.2) is 0 Å². The molecule has 1 atom stereocenters. The van der Waals surface area contributed by atoms with Gasteiger partial charge in [-0.05, 0) is 38.0 Å². The van der Waals surface area contributed by atoms with Crippen molar-refractivity contribution < 1.29 is 9.90 Å². The number of nitrogens with zero attached hydrogens (tertiary/aromatic N) is 1. The van der Waals surface area contributed by atoms with Crippen LogP contribution in [0.3, 0.4) is 0 Å². The molecule has 0 aromatic heterocycles. The van der Waals surface area contributed by atoms with Crippen molar-refractivity contribution in [2.24, 2.45) is 0 Å². The van der Waals surface area contributed by atoms with Crippen molar-refractivity contribution in [2.45, 2.75) is 38.6 Å². The summed E-state index contributed by atoms with van der Waals surface area (Å²) < 4.78 is 0. The van der Waals surface area contributed by atoms with Gasteiger partial charge in [-0.25, -0.2) is 4.79 Å². The van der Waals surface area contributed by atoms with Gasteiger partial charge in [0.1, 0.15) is 6.04 Å². The lowest BCUT2D eigenvalue weighted by Gasteiger charge is -2.18. The molecule has 2 N–H and O–H groups in total. The fourth-order valence-corrected chi connectivity index (χ4v) is 1.59. The molecule has 0 aliphatic rings. The summed E-state index contributed by atoms with van der Waals surface area (Å²) in [5.41, 5.74) is 1.14. The van der Waals surface area contributed by atoms with Crippen LogP contribution in [0.4, 0.5) is 5.69 Å². The van der Waals surface area contributed by atoms with Crippen LogP contribution in [0, 0.1) is 11.3 Å². The molecule has 4 heteroatoms. The number of carboxylic acid groups (broad SMARTS) is 1. The summed E-state index contributed by atoms with van der Waals surface area (Å²) in [6.07, 6.45) is 0.515. The molecule has 0 aliphatic carbocycles. The van der Waals surface area contributed by atoms with Crippen molar-refractivity contribution in [3.63, 3.8) is 0 Å². The van der Waals surface area contributed by atoms with E-state index in [9.17, 15) is 4.79 Å². The van der Waals surface area contributed by atoms with E-state index < -0.39 is 17.4 Å². The van der Waals surface area contributed by atoms with E-state index in [-0.39, 0.29) is 0 Å². The van der Waals surface area contributed by atoms with Gasteiger partial charge in [0.25, 0.3) is 0 Å². The molecule has 1 aromatic rings. The van der Waals surface area contributed by atoms with Crippen LogP contribution >= 0.6 is 0 Å².